The summed E-state index contributed by atoms with van der Waals surface area (Å²) >= 11 is 0. The number of carbonyl (C=O) groups is 1. The lowest BCUT2D eigenvalue weighted by Gasteiger charge is -2.09. The van der Waals surface area contributed by atoms with E-state index in [0.29, 0.717) is 17.5 Å². The number of rotatable bonds is 3. The summed E-state index contributed by atoms with van der Waals surface area (Å²) in [5.41, 5.74) is 2.34. The maximum Gasteiger partial charge on any atom is 0.416 e. The molecule has 0 N–H and O–H groups in total. The molecule has 0 saturated heterocycles. The van der Waals surface area contributed by atoms with Crippen LogP contribution in [0.3, 0.4) is 0 Å². The molecular weight excluding hydrogens is 265 g/mol. The van der Waals surface area contributed by atoms with Crippen molar-refractivity contribution in [1.29, 1.82) is 0 Å². The van der Waals surface area contributed by atoms with Crippen LogP contribution in [0, 0.1) is 0 Å². The molecule has 0 aliphatic carbocycles. The number of aldehydes is 1. The first-order valence-corrected chi connectivity index (χ1v) is 6.21. The summed E-state index contributed by atoms with van der Waals surface area (Å²) in [5.74, 6) is 0. The molecule has 1 nitrogen and oxygen atoms in total. The van der Waals surface area contributed by atoms with Crippen molar-refractivity contribution < 1.29 is 18.0 Å². The summed E-state index contributed by atoms with van der Waals surface area (Å²) in [4.78, 5) is 10.9. The fourth-order valence-corrected chi connectivity index (χ4v) is 2.06. The Morgan fingerprint density at radius 3 is 2.10 bits per heavy atom. The minimum absolute atomic E-state index is 0.614. The van der Waals surface area contributed by atoms with E-state index in [0.717, 1.165) is 29.5 Å². The molecule has 104 valence electrons. The maximum absolute atomic E-state index is 12.5. The van der Waals surface area contributed by atoms with Crippen molar-refractivity contribution in [2.45, 2.75) is 19.5 Å². The minimum atomic E-state index is -4.32. The molecule has 0 atom stereocenters. The van der Waals surface area contributed by atoms with Gasteiger partial charge in [-0.15, -0.1) is 0 Å². The molecule has 0 bridgehead atoms. The Bertz CT molecular complexity index is 613. The summed E-state index contributed by atoms with van der Waals surface area (Å²) in [6.07, 6.45) is -2.84. The number of alkyl halides is 3. The van der Waals surface area contributed by atoms with Crippen molar-refractivity contribution in [2.24, 2.45) is 0 Å². The standard InChI is InChI=1S/C16H13F3O/c1-2-11-9-13(3-4-14(11)10-20)12-5-7-15(8-6-12)16(17,18)19/h3-10H,2H2,1H3. The third kappa shape index (κ3) is 2.90. The average molecular weight is 278 g/mol. The van der Waals surface area contributed by atoms with Gasteiger partial charge in [0.05, 0.1) is 5.56 Å². The summed E-state index contributed by atoms with van der Waals surface area (Å²) < 4.78 is 37.5. The summed E-state index contributed by atoms with van der Waals surface area (Å²) in [7, 11) is 0. The van der Waals surface area contributed by atoms with Gasteiger partial charge in [0.1, 0.15) is 6.29 Å². The first kappa shape index (κ1) is 14.3. The Hall–Kier alpha value is -2.10. The van der Waals surface area contributed by atoms with Gasteiger partial charge >= 0.3 is 6.18 Å². The van der Waals surface area contributed by atoms with Gasteiger partial charge in [-0.05, 0) is 35.2 Å². The third-order valence-corrected chi connectivity index (χ3v) is 3.20. The van der Waals surface area contributed by atoms with Gasteiger partial charge in [-0.3, -0.25) is 4.79 Å². The molecule has 0 radical (unpaired) electrons. The number of halogens is 3. The second-order valence-corrected chi connectivity index (χ2v) is 4.46. The molecule has 2 aromatic rings. The molecule has 0 aliphatic rings. The highest BCUT2D eigenvalue weighted by Crippen LogP contribution is 2.31. The highest BCUT2D eigenvalue weighted by molar-refractivity contribution is 5.79. The molecule has 0 aromatic heterocycles. The SMILES string of the molecule is CCc1cc(-c2ccc(C(F)(F)F)cc2)ccc1C=O. The molecule has 20 heavy (non-hydrogen) atoms. The molecule has 0 saturated carbocycles. The molecule has 0 aliphatic heterocycles. The topological polar surface area (TPSA) is 17.1 Å². The van der Waals surface area contributed by atoms with Gasteiger partial charge in [0.15, 0.2) is 0 Å². The Kier molecular flexibility index (Phi) is 3.93. The van der Waals surface area contributed by atoms with Crippen LogP contribution in [-0.2, 0) is 12.6 Å². The zero-order valence-electron chi connectivity index (χ0n) is 10.9. The monoisotopic (exact) mass is 278 g/mol. The van der Waals surface area contributed by atoms with Gasteiger partial charge in [-0.1, -0.05) is 37.3 Å². The van der Waals surface area contributed by atoms with Crippen LogP contribution in [0.4, 0.5) is 13.2 Å². The number of carbonyl (C=O) groups excluding carboxylic acids is 1. The van der Waals surface area contributed by atoms with Crippen LogP contribution >= 0.6 is 0 Å². The molecule has 2 rings (SSSR count). The molecule has 0 amide bonds. The van der Waals surface area contributed by atoms with E-state index in [2.05, 4.69) is 0 Å². The Labute approximate surface area is 115 Å². The molecule has 2 aromatic carbocycles. The predicted molar refractivity (Wildman–Crippen MR) is 71.6 cm³/mol. The maximum atomic E-state index is 12.5. The second-order valence-electron chi connectivity index (χ2n) is 4.46. The predicted octanol–water partition coefficient (Wildman–Crippen LogP) is 4.75. The molecule has 0 heterocycles. The Morgan fingerprint density at radius 2 is 1.60 bits per heavy atom. The number of hydrogen-bond acceptors (Lipinski definition) is 1. The van der Waals surface area contributed by atoms with Crippen LogP contribution in [0.25, 0.3) is 11.1 Å². The van der Waals surface area contributed by atoms with E-state index in [1.54, 1.807) is 12.1 Å². The lowest BCUT2D eigenvalue weighted by atomic mass is 9.97. The smallest absolute Gasteiger partial charge is 0.298 e. The first-order valence-electron chi connectivity index (χ1n) is 6.21. The van der Waals surface area contributed by atoms with Crippen molar-refractivity contribution in [1.82, 2.24) is 0 Å². The van der Waals surface area contributed by atoms with E-state index >= 15 is 0 Å². The summed E-state index contributed by atoms with van der Waals surface area (Å²) in [6.45, 7) is 1.93. The molecule has 0 unspecified atom stereocenters. The van der Waals surface area contributed by atoms with E-state index in [1.165, 1.54) is 12.1 Å². The van der Waals surface area contributed by atoms with E-state index in [9.17, 15) is 18.0 Å². The van der Waals surface area contributed by atoms with Gasteiger partial charge in [0.25, 0.3) is 0 Å². The van der Waals surface area contributed by atoms with Crippen LogP contribution in [-0.4, -0.2) is 6.29 Å². The number of aryl methyl sites for hydroxylation is 1. The van der Waals surface area contributed by atoms with Crippen molar-refractivity contribution in [3.8, 4) is 11.1 Å². The van der Waals surface area contributed by atoms with Crippen LogP contribution in [0.1, 0.15) is 28.4 Å². The molecule has 0 spiro atoms. The average Bonchev–Trinajstić information content (AvgIpc) is 2.45. The number of benzene rings is 2. The minimum Gasteiger partial charge on any atom is -0.298 e. The molecule has 4 heteroatoms. The fraction of sp³-hybridized carbons (Fsp3) is 0.188. The van der Waals surface area contributed by atoms with Crippen LogP contribution in [0.2, 0.25) is 0 Å². The van der Waals surface area contributed by atoms with Gasteiger partial charge in [0, 0.05) is 5.56 Å². The second kappa shape index (κ2) is 5.49. The first-order chi connectivity index (χ1) is 9.45. The number of hydrogen-bond donors (Lipinski definition) is 0. The quantitative estimate of drug-likeness (QED) is 0.741. The zero-order chi connectivity index (χ0) is 14.8. The van der Waals surface area contributed by atoms with E-state index in [4.69, 9.17) is 0 Å². The van der Waals surface area contributed by atoms with E-state index in [1.807, 2.05) is 13.0 Å². The lowest BCUT2D eigenvalue weighted by molar-refractivity contribution is -0.137. The van der Waals surface area contributed by atoms with Crippen molar-refractivity contribution in [2.75, 3.05) is 0 Å². The highest BCUT2D eigenvalue weighted by Gasteiger charge is 2.29. The van der Waals surface area contributed by atoms with Gasteiger partial charge < -0.3 is 0 Å². The van der Waals surface area contributed by atoms with Crippen molar-refractivity contribution >= 4 is 6.29 Å². The lowest BCUT2D eigenvalue weighted by Crippen LogP contribution is -2.04. The normalized spacial score (nSPS) is 11.4. The van der Waals surface area contributed by atoms with Crippen LogP contribution < -0.4 is 0 Å². The molecule has 0 fully saturated rings. The highest BCUT2D eigenvalue weighted by atomic mass is 19.4. The summed E-state index contributed by atoms with van der Waals surface area (Å²) in [6, 6.07) is 10.3. The van der Waals surface area contributed by atoms with Crippen molar-refractivity contribution in [3.05, 3.63) is 59.2 Å². The van der Waals surface area contributed by atoms with E-state index < -0.39 is 11.7 Å². The fourth-order valence-electron chi connectivity index (χ4n) is 2.06. The van der Waals surface area contributed by atoms with Gasteiger partial charge in [-0.25, -0.2) is 0 Å². The van der Waals surface area contributed by atoms with Crippen molar-refractivity contribution in [3.63, 3.8) is 0 Å². The third-order valence-electron chi connectivity index (χ3n) is 3.20. The van der Waals surface area contributed by atoms with Crippen LogP contribution in [0.15, 0.2) is 42.5 Å². The Morgan fingerprint density at radius 1 is 1.00 bits per heavy atom. The largest absolute Gasteiger partial charge is 0.416 e. The van der Waals surface area contributed by atoms with Gasteiger partial charge in [0.2, 0.25) is 0 Å². The zero-order valence-corrected chi connectivity index (χ0v) is 10.9. The Balaban J connectivity index is 2.39. The summed E-state index contributed by atoms with van der Waals surface area (Å²) in [5, 5.41) is 0. The molecular formula is C16H13F3O. The van der Waals surface area contributed by atoms with Crippen LogP contribution in [0.5, 0.6) is 0 Å². The van der Waals surface area contributed by atoms with Gasteiger partial charge in [-0.2, -0.15) is 13.2 Å². The van der Waals surface area contributed by atoms with E-state index in [-0.39, 0.29) is 0 Å².